The summed E-state index contributed by atoms with van der Waals surface area (Å²) in [5.41, 5.74) is 1.55. The molecule has 1 N–H and O–H groups in total. The molecule has 0 aromatic heterocycles. The fraction of sp³-hybridized carbons (Fsp3) is 0.548. The van der Waals surface area contributed by atoms with Gasteiger partial charge in [0.15, 0.2) is 0 Å². The zero-order chi connectivity index (χ0) is 28.2. The lowest BCUT2D eigenvalue weighted by atomic mass is 9.77. The number of ether oxygens (including phenoxy) is 1. The van der Waals surface area contributed by atoms with E-state index in [0.29, 0.717) is 13.1 Å². The molecule has 6 nitrogen and oxygen atoms in total. The largest absolute Gasteiger partial charge is 0.573 e. The fourth-order valence-electron chi connectivity index (χ4n) is 6.53. The van der Waals surface area contributed by atoms with Gasteiger partial charge in [-0.2, -0.15) is 0 Å². The lowest BCUT2D eigenvalue weighted by Gasteiger charge is -2.38. The molecular formula is C31H39ClF3N3O3. The van der Waals surface area contributed by atoms with Crippen molar-refractivity contribution in [3.8, 4) is 5.75 Å². The van der Waals surface area contributed by atoms with Gasteiger partial charge in [0.05, 0.1) is 11.5 Å². The molecule has 10 heteroatoms. The van der Waals surface area contributed by atoms with Crippen LogP contribution in [0.3, 0.4) is 0 Å². The minimum atomic E-state index is -4.72. The van der Waals surface area contributed by atoms with Gasteiger partial charge in [-0.15, -0.1) is 25.6 Å². The van der Waals surface area contributed by atoms with Crippen LogP contribution in [0.1, 0.15) is 68.5 Å². The average Bonchev–Trinajstić information content (AvgIpc) is 3.58. The van der Waals surface area contributed by atoms with Gasteiger partial charge in [-0.1, -0.05) is 55.3 Å². The Labute approximate surface area is 246 Å². The molecule has 3 aliphatic rings. The van der Waals surface area contributed by atoms with E-state index in [2.05, 4.69) is 27.1 Å². The summed E-state index contributed by atoms with van der Waals surface area (Å²) in [4.78, 5) is 30.6. The maximum atomic E-state index is 13.4. The van der Waals surface area contributed by atoms with E-state index in [-0.39, 0.29) is 47.3 Å². The maximum Gasteiger partial charge on any atom is 0.573 e. The molecule has 41 heavy (non-hydrogen) atoms. The molecular weight excluding hydrogens is 555 g/mol. The molecule has 5 rings (SSSR count). The minimum Gasteiger partial charge on any atom is -0.406 e. The van der Waals surface area contributed by atoms with Gasteiger partial charge in [-0.3, -0.25) is 9.59 Å². The van der Waals surface area contributed by atoms with Gasteiger partial charge in [-0.05, 0) is 74.9 Å². The van der Waals surface area contributed by atoms with Crippen molar-refractivity contribution >= 4 is 24.2 Å². The number of carbonyl (C=O) groups is 2. The summed E-state index contributed by atoms with van der Waals surface area (Å²) in [6, 6.07) is 15.9. The molecule has 224 valence electrons. The highest BCUT2D eigenvalue weighted by Gasteiger charge is 2.48. The molecule has 2 aliphatic heterocycles. The van der Waals surface area contributed by atoms with Crippen LogP contribution in [0.2, 0.25) is 0 Å². The fourth-order valence-corrected chi connectivity index (χ4v) is 6.53. The first-order valence-electron chi connectivity index (χ1n) is 14.4. The van der Waals surface area contributed by atoms with E-state index in [1.807, 2.05) is 23.1 Å². The second-order valence-electron chi connectivity index (χ2n) is 11.5. The van der Waals surface area contributed by atoms with Gasteiger partial charge in [0, 0.05) is 25.6 Å². The molecule has 1 spiro atoms. The Kier molecular flexibility index (Phi) is 10.2. The van der Waals surface area contributed by atoms with Crippen molar-refractivity contribution in [2.45, 2.75) is 70.3 Å². The quantitative estimate of drug-likeness (QED) is 0.373. The first-order chi connectivity index (χ1) is 19.2. The van der Waals surface area contributed by atoms with E-state index >= 15 is 0 Å². The van der Waals surface area contributed by atoms with Crippen molar-refractivity contribution in [3.63, 3.8) is 0 Å². The number of rotatable bonds is 9. The predicted molar refractivity (Wildman–Crippen MR) is 152 cm³/mol. The highest BCUT2D eigenvalue weighted by molar-refractivity contribution is 5.85. The number of halogens is 4. The van der Waals surface area contributed by atoms with Crippen molar-refractivity contribution in [2.75, 3.05) is 26.2 Å². The predicted octanol–water partition coefficient (Wildman–Crippen LogP) is 6.26. The smallest absolute Gasteiger partial charge is 0.406 e. The number of hydrogen-bond donors (Lipinski definition) is 1. The number of alkyl halides is 3. The van der Waals surface area contributed by atoms with Crippen LogP contribution in [-0.4, -0.2) is 54.2 Å². The molecule has 0 radical (unpaired) electrons. The van der Waals surface area contributed by atoms with Gasteiger partial charge in [-0.25, -0.2) is 0 Å². The number of nitrogens with zero attached hydrogens (tertiary/aromatic N) is 2. The highest BCUT2D eigenvalue weighted by atomic mass is 35.5. The Bertz CT molecular complexity index is 1150. The number of likely N-dealkylation sites (tertiary alicyclic amines) is 2. The molecule has 1 aliphatic carbocycles. The summed E-state index contributed by atoms with van der Waals surface area (Å²) in [6.45, 7) is 3.56. The summed E-state index contributed by atoms with van der Waals surface area (Å²) in [6.07, 6.45) is 2.71. The second kappa shape index (κ2) is 13.5. The first-order valence-corrected chi connectivity index (χ1v) is 14.4. The number of piperidine rings is 1. The molecule has 2 heterocycles. The zero-order valence-corrected chi connectivity index (χ0v) is 24.0. The van der Waals surface area contributed by atoms with Crippen LogP contribution >= 0.6 is 12.4 Å². The normalized spacial score (nSPS) is 20.2. The Morgan fingerprint density at radius 2 is 1.61 bits per heavy atom. The van der Waals surface area contributed by atoms with E-state index in [9.17, 15) is 22.8 Å². The zero-order valence-electron chi connectivity index (χ0n) is 23.2. The van der Waals surface area contributed by atoms with Gasteiger partial charge in [0.2, 0.25) is 11.8 Å². The lowest BCUT2D eigenvalue weighted by Crippen LogP contribution is -2.45. The average molecular weight is 594 g/mol. The molecule has 1 saturated carbocycles. The third kappa shape index (κ3) is 7.95. The molecule has 2 aromatic rings. The van der Waals surface area contributed by atoms with Gasteiger partial charge >= 0.3 is 6.36 Å². The van der Waals surface area contributed by atoms with E-state index in [1.165, 1.54) is 12.1 Å². The summed E-state index contributed by atoms with van der Waals surface area (Å²) >= 11 is 0. The van der Waals surface area contributed by atoms with Crippen molar-refractivity contribution in [3.05, 3.63) is 65.7 Å². The van der Waals surface area contributed by atoms with E-state index in [4.69, 9.17) is 0 Å². The van der Waals surface area contributed by atoms with E-state index in [0.717, 1.165) is 82.1 Å². The second-order valence-corrected chi connectivity index (χ2v) is 11.5. The molecule has 2 saturated heterocycles. The topological polar surface area (TPSA) is 61.9 Å². The summed E-state index contributed by atoms with van der Waals surface area (Å²) < 4.78 is 41.2. The Balaban J connectivity index is 0.00000387. The minimum absolute atomic E-state index is 0. The van der Waals surface area contributed by atoms with Gasteiger partial charge < -0.3 is 19.9 Å². The Morgan fingerprint density at radius 3 is 2.24 bits per heavy atom. The van der Waals surface area contributed by atoms with Gasteiger partial charge in [0.1, 0.15) is 5.75 Å². The molecule has 0 bridgehead atoms. The van der Waals surface area contributed by atoms with Crippen molar-refractivity contribution in [1.82, 2.24) is 15.1 Å². The molecule has 2 aromatic carbocycles. The van der Waals surface area contributed by atoms with Crippen molar-refractivity contribution < 1.29 is 27.5 Å². The number of benzene rings is 2. The summed E-state index contributed by atoms with van der Waals surface area (Å²) in [7, 11) is 0. The van der Waals surface area contributed by atoms with Crippen LogP contribution in [0.4, 0.5) is 13.2 Å². The molecule has 3 fully saturated rings. The van der Waals surface area contributed by atoms with Crippen molar-refractivity contribution in [1.29, 1.82) is 0 Å². The number of hydrogen-bond acceptors (Lipinski definition) is 4. The van der Waals surface area contributed by atoms with E-state index in [1.54, 1.807) is 12.1 Å². The third-order valence-electron chi connectivity index (χ3n) is 8.92. The number of nitrogens with one attached hydrogen (secondary N) is 1. The highest BCUT2D eigenvalue weighted by Crippen LogP contribution is 2.42. The van der Waals surface area contributed by atoms with Crippen molar-refractivity contribution in [2.24, 2.45) is 11.3 Å². The summed E-state index contributed by atoms with van der Waals surface area (Å²) in [5, 5.41) is 3.32. The number of amides is 2. The van der Waals surface area contributed by atoms with E-state index < -0.39 is 6.36 Å². The first kappa shape index (κ1) is 31.2. The monoisotopic (exact) mass is 593 g/mol. The van der Waals surface area contributed by atoms with Crippen LogP contribution in [0.25, 0.3) is 0 Å². The number of carbonyl (C=O) groups excluding carboxylic acids is 2. The molecule has 0 unspecified atom stereocenters. The van der Waals surface area contributed by atoms with Crippen LogP contribution in [0.15, 0.2) is 54.6 Å². The maximum absolute atomic E-state index is 13.4. The third-order valence-corrected chi connectivity index (χ3v) is 8.92. The Morgan fingerprint density at radius 1 is 0.976 bits per heavy atom. The van der Waals surface area contributed by atoms with Crippen LogP contribution in [-0.2, 0) is 16.1 Å². The molecule has 2 amide bonds. The lowest BCUT2D eigenvalue weighted by molar-refractivity contribution is -0.274. The van der Waals surface area contributed by atoms with Crippen LogP contribution in [0, 0.1) is 11.3 Å². The van der Waals surface area contributed by atoms with Gasteiger partial charge in [0.25, 0.3) is 0 Å². The standard InChI is InChI=1S/C31H38F3N3O3.ClH/c32-31(33,34)40-26-12-10-23(11-13-26)22-37-21-17-30(29(37)39)15-19-36(20-16-30)18-14-27(24-6-2-1-3-7-24)35-28(38)25-8-4-5-9-25;/h1-3,6-7,10-13,25,27H,4-5,8-9,14-22H2,(H,35,38);1H/t27-;/m0./s1. The van der Waals surface area contributed by atoms with Crippen LogP contribution < -0.4 is 10.1 Å². The van der Waals surface area contributed by atoms with Crippen LogP contribution in [0.5, 0.6) is 5.75 Å². The Hall–Kier alpha value is -2.78. The summed E-state index contributed by atoms with van der Waals surface area (Å²) in [5.74, 6) is 0.181. The molecule has 1 atom stereocenters. The SMILES string of the molecule is Cl.O=C(N[C@@H](CCN1CCC2(CC1)CCN(Cc1ccc(OC(F)(F)F)cc1)C2=O)c1ccccc1)C1CCCC1.